The predicted molar refractivity (Wildman–Crippen MR) is 55.7 cm³/mol. The van der Waals surface area contributed by atoms with E-state index in [0.29, 0.717) is 12.3 Å². The van der Waals surface area contributed by atoms with Gasteiger partial charge in [-0.15, -0.1) is 0 Å². The van der Waals surface area contributed by atoms with Gasteiger partial charge in [-0.2, -0.15) is 5.26 Å². The van der Waals surface area contributed by atoms with Gasteiger partial charge in [0, 0.05) is 12.5 Å². The quantitative estimate of drug-likeness (QED) is 0.728. The summed E-state index contributed by atoms with van der Waals surface area (Å²) in [6, 6.07) is 10.8. The van der Waals surface area contributed by atoms with Gasteiger partial charge in [0.1, 0.15) is 0 Å². The van der Waals surface area contributed by atoms with Crippen LogP contribution in [0, 0.1) is 11.3 Å². The Labute approximate surface area is 84.3 Å². The Morgan fingerprint density at radius 1 is 1.43 bits per heavy atom. The van der Waals surface area contributed by atoms with E-state index in [0.717, 1.165) is 12.8 Å². The minimum atomic E-state index is 0.225. The maximum Gasteiger partial charge on any atom is 0.0628 e. The molecule has 2 unspecified atom stereocenters. The Kier molecular flexibility index (Phi) is 2.51. The van der Waals surface area contributed by atoms with Gasteiger partial charge in [-0.3, -0.25) is 0 Å². The Morgan fingerprint density at radius 3 is 3.00 bits per heavy atom. The van der Waals surface area contributed by atoms with Crippen LogP contribution in [0.25, 0.3) is 0 Å². The lowest BCUT2D eigenvalue weighted by atomic mass is 9.79. The number of nitriles is 1. The van der Waals surface area contributed by atoms with Crippen molar-refractivity contribution in [2.75, 3.05) is 0 Å². The van der Waals surface area contributed by atoms with E-state index in [-0.39, 0.29) is 6.04 Å². The third-order valence-corrected chi connectivity index (χ3v) is 2.90. The number of hydrogen-bond acceptors (Lipinski definition) is 2. The zero-order chi connectivity index (χ0) is 9.97. The fourth-order valence-corrected chi connectivity index (χ4v) is 2.28. The second kappa shape index (κ2) is 3.81. The van der Waals surface area contributed by atoms with Crippen LogP contribution in [0.15, 0.2) is 24.3 Å². The SMILES string of the molecule is N#CCC1CC(N)Cc2ccccc21. The molecular formula is C12H14N2. The van der Waals surface area contributed by atoms with E-state index < -0.39 is 0 Å². The molecule has 1 aliphatic carbocycles. The first-order valence-electron chi connectivity index (χ1n) is 5.01. The molecular weight excluding hydrogens is 172 g/mol. The number of nitrogens with two attached hydrogens (primary N) is 1. The highest BCUT2D eigenvalue weighted by atomic mass is 14.6. The van der Waals surface area contributed by atoms with E-state index in [2.05, 4.69) is 18.2 Å². The Bertz CT molecular complexity index is 365. The lowest BCUT2D eigenvalue weighted by Gasteiger charge is -2.28. The zero-order valence-corrected chi connectivity index (χ0v) is 8.11. The molecule has 2 rings (SSSR count). The van der Waals surface area contributed by atoms with Gasteiger partial charge >= 0.3 is 0 Å². The molecule has 2 atom stereocenters. The topological polar surface area (TPSA) is 49.8 Å². The number of rotatable bonds is 1. The molecule has 0 spiro atoms. The second-order valence-corrected chi connectivity index (χ2v) is 3.96. The van der Waals surface area contributed by atoms with Crippen LogP contribution in [0.2, 0.25) is 0 Å². The van der Waals surface area contributed by atoms with Gasteiger partial charge in [0.05, 0.1) is 6.07 Å². The highest BCUT2D eigenvalue weighted by Gasteiger charge is 2.23. The summed E-state index contributed by atoms with van der Waals surface area (Å²) in [7, 11) is 0. The van der Waals surface area contributed by atoms with E-state index in [9.17, 15) is 0 Å². The predicted octanol–water partition coefficient (Wildman–Crippen LogP) is 1.96. The van der Waals surface area contributed by atoms with Crippen molar-refractivity contribution in [2.45, 2.75) is 31.2 Å². The van der Waals surface area contributed by atoms with Crippen LogP contribution in [-0.4, -0.2) is 6.04 Å². The van der Waals surface area contributed by atoms with E-state index >= 15 is 0 Å². The highest BCUT2D eigenvalue weighted by molar-refractivity contribution is 5.34. The molecule has 0 heterocycles. The zero-order valence-electron chi connectivity index (χ0n) is 8.11. The maximum atomic E-state index is 8.74. The minimum Gasteiger partial charge on any atom is -0.327 e. The number of fused-ring (bicyclic) bond motifs is 1. The molecule has 2 heteroatoms. The fourth-order valence-electron chi connectivity index (χ4n) is 2.28. The van der Waals surface area contributed by atoms with Crippen molar-refractivity contribution in [3.63, 3.8) is 0 Å². The number of hydrogen-bond donors (Lipinski definition) is 1. The molecule has 0 saturated heterocycles. The molecule has 0 amide bonds. The van der Waals surface area contributed by atoms with Crippen LogP contribution in [-0.2, 0) is 6.42 Å². The van der Waals surface area contributed by atoms with Crippen molar-refractivity contribution < 1.29 is 0 Å². The van der Waals surface area contributed by atoms with Gasteiger partial charge < -0.3 is 5.73 Å². The van der Waals surface area contributed by atoms with Crippen molar-refractivity contribution in [1.82, 2.24) is 0 Å². The van der Waals surface area contributed by atoms with Gasteiger partial charge in [-0.1, -0.05) is 24.3 Å². The first-order valence-corrected chi connectivity index (χ1v) is 5.01. The summed E-state index contributed by atoms with van der Waals surface area (Å²) in [5, 5.41) is 8.74. The van der Waals surface area contributed by atoms with Crippen molar-refractivity contribution in [3.05, 3.63) is 35.4 Å². The molecule has 0 radical (unpaired) electrons. The normalized spacial score (nSPS) is 25.1. The van der Waals surface area contributed by atoms with Crippen molar-refractivity contribution in [2.24, 2.45) is 5.73 Å². The van der Waals surface area contributed by atoms with Crippen molar-refractivity contribution in [1.29, 1.82) is 5.26 Å². The van der Waals surface area contributed by atoms with Gasteiger partial charge in [0.15, 0.2) is 0 Å². The van der Waals surface area contributed by atoms with Crippen LogP contribution >= 0.6 is 0 Å². The third-order valence-electron chi connectivity index (χ3n) is 2.90. The smallest absolute Gasteiger partial charge is 0.0628 e. The summed E-state index contributed by atoms with van der Waals surface area (Å²) in [4.78, 5) is 0. The summed E-state index contributed by atoms with van der Waals surface area (Å²) < 4.78 is 0. The van der Waals surface area contributed by atoms with Crippen LogP contribution < -0.4 is 5.73 Å². The first-order chi connectivity index (χ1) is 6.81. The van der Waals surface area contributed by atoms with E-state index in [4.69, 9.17) is 11.0 Å². The first kappa shape index (κ1) is 9.23. The summed E-state index contributed by atoms with van der Waals surface area (Å²) in [5.41, 5.74) is 8.62. The van der Waals surface area contributed by atoms with E-state index in [1.165, 1.54) is 11.1 Å². The van der Waals surface area contributed by atoms with E-state index in [1.54, 1.807) is 0 Å². The molecule has 2 N–H and O–H groups in total. The van der Waals surface area contributed by atoms with Crippen molar-refractivity contribution in [3.8, 4) is 6.07 Å². The summed E-state index contributed by atoms with van der Waals surface area (Å²) >= 11 is 0. The lowest BCUT2D eigenvalue weighted by Crippen LogP contribution is -2.30. The molecule has 0 bridgehead atoms. The highest BCUT2D eigenvalue weighted by Crippen LogP contribution is 2.32. The molecule has 1 aromatic rings. The van der Waals surface area contributed by atoms with E-state index in [1.807, 2.05) is 12.1 Å². The van der Waals surface area contributed by atoms with Crippen molar-refractivity contribution >= 4 is 0 Å². The van der Waals surface area contributed by atoms with Crippen LogP contribution in [0.5, 0.6) is 0 Å². The Balaban J connectivity index is 2.34. The lowest BCUT2D eigenvalue weighted by molar-refractivity contribution is 0.494. The average Bonchev–Trinajstić information content (AvgIpc) is 2.18. The monoisotopic (exact) mass is 186 g/mol. The molecule has 2 nitrogen and oxygen atoms in total. The standard InChI is InChI=1S/C12H14N2/c13-6-5-10-8-11(14)7-9-3-1-2-4-12(9)10/h1-4,10-11H,5,7-8,14H2. The number of benzene rings is 1. The molecule has 0 aromatic heterocycles. The fraction of sp³-hybridized carbons (Fsp3) is 0.417. The Hall–Kier alpha value is -1.33. The van der Waals surface area contributed by atoms with Gasteiger partial charge in [-0.25, -0.2) is 0 Å². The largest absolute Gasteiger partial charge is 0.327 e. The second-order valence-electron chi connectivity index (χ2n) is 3.96. The average molecular weight is 186 g/mol. The van der Waals surface area contributed by atoms with Gasteiger partial charge in [0.2, 0.25) is 0 Å². The van der Waals surface area contributed by atoms with Gasteiger partial charge in [-0.05, 0) is 29.9 Å². The maximum absolute atomic E-state index is 8.74. The molecule has 1 aromatic carbocycles. The molecule has 72 valence electrons. The molecule has 0 saturated carbocycles. The molecule has 0 aliphatic heterocycles. The minimum absolute atomic E-state index is 0.225. The summed E-state index contributed by atoms with van der Waals surface area (Å²) in [5.74, 6) is 0.347. The van der Waals surface area contributed by atoms with Crippen LogP contribution in [0.3, 0.4) is 0 Å². The summed E-state index contributed by atoms with van der Waals surface area (Å²) in [6.45, 7) is 0. The molecule has 0 fully saturated rings. The summed E-state index contributed by atoms with van der Waals surface area (Å²) in [6.07, 6.45) is 2.49. The molecule has 14 heavy (non-hydrogen) atoms. The van der Waals surface area contributed by atoms with Crippen LogP contribution in [0.1, 0.15) is 29.9 Å². The Morgan fingerprint density at radius 2 is 2.21 bits per heavy atom. The third kappa shape index (κ3) is 1.64. The molecule has 1 aliphatic rings. The van der Waals surface area contributed by atoms with Gasteiger partial charge in [0.25, 0.3) is 0 Å². The number of nitrogens with zero attached hydrogens (tertiary/aromatic N) is 1. The van der Waals surface area contributed by atoms with Crippen LogP contribution in [0.4, 0.5) is 0 Å².